The number of carbonyl (C=O) groups is 2. The van der Waals surface area contributed by atoms with Gasteiger partial charge in [-0.25, -0.2) is 9.78 Å². The Morgan fingerprint density at radius 2 is 2.44 bits per heavy atom. The highest BCUT2D eigenvalue weighted by atomic mass is 32.1. The number of aromatic carboxylic acids is 1. The fourth-order valence-corrected chi connectivity index (χ4v) is 2.62. The van der Waals surface area contributed by atoms with Crippen molar-refractivity contribution in [2.45, 2.75) is 25.3 Å². The van der Waals surface area contributed by atoms with Crippen LogP contribution in [0, 0.1) is 0 Å². The maximum Gasteiger partial charge on any atom is 0.355 e. The van der Waals surface area contributed by atoms with Crippen molar-refractivity contribution in [3.8, 4) is 0 Å². The standard InChI is InChI=1S/C11H15N3O3S/c15-10(7-2-1-4-12-7)13-5-3-9-14-8(6-18-9)11(16)17/h6-7,12H,1-5H2,(H,13,15)(H,16,17)/t7-/m1/s1. The number of amides is 1. The monoisotopic (exact) mass is 269 g/mol. The molecule has 18 heavy (non-hydrogen) atoms. The van der Waals surface area contributed by atoms with E-state index in [4.69, 9.17) is 5.11 Å². The fourth-order valence-electron chi connectivity index (χ4n) is 1.85. The van der Waals surface area contributed by atoms with Crippen molar-refractivity contribution in [2.24, 2.45) is 0 Å². The van der Waals surface area contributed by atoms with E-state index in [9.17, 15) is 9.59 Å². The Kier molecular flexibility index (Phi) is 4.27. The van der Waals surface area contributed by atoms with E-state index in [0.29, 0.717) is 13.0 Å². The maximum atomic E-state index is 11.7. The van der Waals surface area contributed by atoms with Crippen LogP contribution in [0.25, 0.3) is 0 Å². The second-order valence-electron chi connectivity index (χ2n) is 4.12. The summed E-state index contributed by atoms with van der Waals surface area (Å²) < 4.78 is 0. The number of hydrogen-bond acceptors (Lipinski definition) is 5. The largest absolute Gasteiger partial charge is 0.476 e. The minimum atomic E-state index is -1.02. The lowest BCUT2D eigenvalue weighted by atomic mass is 10.2. The molecule has 6 nitrogen and oxygen atoms in total. The zero-order chi connectivity index (χ0) is 13.0. The Hall–Kier alpha value is -1.47. The number of carboxylic acids is 1. The van der Waals surface area contributed by atoms with Gasteiger partial charge in [0.1, 0.15) is 0 Å². The lowest BCUT2D eigenvalue weighted by Crippen LogP contribution is -2.41. The minimum absolute atomic E-state index is 0.0162. The van der Waals surface area contributed by atoms with Gasteiger partial charge in [-0.3, -0.25) is 4.79 Å². The molecule has 1 aliphatic heterocycles. The number of hydrogen-bond donors (Lipinski definition) is 3. The number of thiazole rings is 1. The van der Waals surface area contributed by atoms with E-state index in [0.717, 1.165) is 24.4 Å². The predicted octanol–water partition coefficient (Wildman–Crippen LogP) is 0.252. The van der Waals surface area contributed by atoms with Crippen molar-refractivity contribution in [3.63, 3.8) is 0 Å². The molecule has 0 bridgehead atoms. The van der Waals surface area contributed by atoms with Crippen LogP contribution in [0.4, 0.5) is 0 Å². The van der Waals surface area contributed by atoms with Crippen LogP contribution in [0.1, 0.15) is 28.3 Å². The van der Waals surface area contributed by atoms with Gasteiger partial charge >= 0.3 is 5.97 Å². The number of rotatable bonds is 5. The number of nitrogens with one attached hydrogen (secondary N) is 2. The highest BCUT2D eigenvalue weighted by molar-refractivity contribution is 7.09. The molecule has 0 spiro atoms. The Morgan fingerprint density at radius 1 is 1.61 bits per heavy atom. The number of carboxylic acid groups (broad SMARTS) is 1. The summed E-state index contributed by atoms with van der Waals surface area (Å²) in [5, 5.41) is 16.9. The molecule has 7 heteroatoms. The lowest BCUT2D eigenvalue weighted by molar-refractivity contribution is -0.122. The van der Waals surface area contributed by atoms with Gasteiger partial charge in [0.25, 0.3) is 0 Å². The molecule has 3 N–H and O–H groups in total. The van der Waals surface area contributed by atoms with Crippen LogP contribution in [0.15, 0.2) is 5.38 Å². The molecular formula is C11H15N3O3S. The van der Waals surface area contributed by atoms with E-state index < -0.39 is 5.97 Å². The summed E-state index contributed by atoms with van der Waals surface area (Å²) >= 11 is 1.30. The van der Waals surface area contributed by atoms with E-state index in [-0.39, 0.29) is 17.6 Å². The second kappa shape index (κ2) is 5.92. The molecule has 1 fully saturated rings. The molecule has 98 valence electrons. The molecule has 0 aromatic carbocycles. The first-order valence-corrected chi connectivity index (χ1v) is 6.73. The van der Waals surface area contributed by atoms with E-state index in [2.05, 4.69) is 15.6 Å². The number of aromatic nitrogens is 1. The number of carbonyl (C=O) groups excluding carboxylic acids is 1. The van der Waals surface area contributed by atoms with Gasteiger partial charge in [-0.1, -0.05) is 0 Å². The molecule has 1 aliphatic rings. The third-order valence-electron chi connectivity index (χ3n) is 2.79. The summed E-state index contributed by atoms with van der Waals surface area (Å²) in [5.41, 5.74) is 0.0683. The van der Waals surface area contributed by atoms with Crippen molar-refractivity contribution in [1.29, 1.82) is 0 Å². The molecule has 0 aliphatic carbocycles. The quantitative estimate of drug-likeness (QED) is 0.713. The Bertz CT molecular complexity index is 440. The van der Waals surface area contributed by atoms with E-state index in [1.54, 1.807) is 0 Å². The van der Waals surface area contributed by atoms with Gasteiger partial charge in [0.15, 0.2) is 5.69 Å². The van der Waals surface area contributed by atoms with Gasteiger partial charge in [0.2, 0.25) is 5.91 Å². The first kappa shape index (κ1) is 13.0. The number of nitrogens with zero attached hydrogens (tertiary/aromatic N) is 1. The highest BCUT2D eigenvalue weighted by Crippen LogP contribution is 2.10. The van der Waals surface area contributed by atoms with E-state index >= 15 is 0 Å². The minimum Gasteiger partial charge on any atom is -0.476 e. The zero-order valence-corrected chi connectivity index (χ0v) is 10.6. The maximum absolute atomic E-state index is 11.7. The average Bonchev–Trinajstić information content (AvgIpc) is 3.00. The fraction of sp³-hybridized carbons (Fsp3) is 0.545. The van der Waals surface area contributed by atoms with Crippen molar-refractivity contribution in [1.82, 2.24) is 15.6 Å². The van der Waals surface area contributed by atoms with Gasteiger partial charge in [0.05, 0.1) is 11.0 Å². The normalized spacial score (nSPS) is 18.8. The topological polar surface area (TPSA) is 91.3 Å². The summed E-state index contributed by atoms with van der Waals surface area (Å²) in [7, 11) is 0. The van der Waals surface area contributed by atoms with Crippen LogP contribution in [-0.2, 0) is 11.2 Å². The summed E-state index contributed by atoms with van der Waals surface area (Å²) in [6.45, 7) is 1.39. The van der Waals surface area contributed by atoms with Gasteiger partial charge < -0.3 is 15.7 Å². The van der Waals surface area contributed by atoms with Gasteiger partial charge in [-0.15, -0.1) is 11.3 Å². The molecule has 0 radical (unpaired) electrons. The third kappa shape index (κ3) is 3.27. The van der Waals surface area contributed by atoms with Gasteiger partial charge in [-0.2, -0.15) is 0 Å². The summed E-state index contributed by atoms with van der Waals surface area (Å²) in [4.78, 5) is 26.3. The summed E-state index contributed by atoms with van der Waals surface area (Å²) in [6, 6.07) is -0.0733. The molecule has 2 heterocycles. The SMILES string of the molecule is O=C(O)c1csc(CCNC(=O)[C@H]2CCCN2)n1. The van der Waals surface area contributed by atoms with Crippen LogP contribution in [0.2, 0.25) is 0 Å². The Morgan fingerprint density at radius 3 is 3.06 bits per heavy atom. The lowest BCUT2D eigenvalue weighted by Gasteiger charge is -2.09. The molecular weight excluding hydrogens is 254 g/mol. The van der Waals surface area contributed by atoms with Crippen LogP contribution >= 0.6 is 11.3 Å². The average molecular weight is 269 g/mol. The molecule has 0 saturated carbocycles. The third-order valence-corrected chi connectivity index (χ3v) is 3.69. The van der Waals surface area contributed by atoms with Crippen molar-refractivity contribution >= 4 is 23.2 Å². The van der Waals surface area contributed by atoms with Crippen molar-refractivity contribution in [2.75, 3.05) is 13.1 Å². The predicted molar refractivity (Wildman–Crippen MR) is 66.8 cm³/mol. The van der Waals surface area contributed by atoms with Crippen molar-refractivity contribution < 1.29 is 14.7 Å². The van der Waals surface area contributed by atoms with Gasteiger partial charge in [-0.05, 0) is 19.4 Å². The molecule has 1 saturated heterocycles. The molecule has 1 aromatic rings. The Labute approximate surface area is 108 Å². The molecule has 1 aromatic heterocycles. The smallest absolute Gasteiger partial charge is 0.355 e. The second-order valence-corrected chi connectivity index (χ2v) is 5.06. The van der Waals surface area contributed by atoms with Crippen LogP contribution in [0.5, 0.6) is 0 Å². The van der Waals surface area contributed by atoms with E-state index in [1.165, 1.54) is 16.7 Å². The first-order chi connectivity index (χ1) is 8.66. The zero-order valence-electron chi connectivity index (χ0n) is 9.81. The highest BCUT2D eigenvalue weighted by Gasteiger charge is 2.21. The molecule has 0 unspecified atom stereocenters. The first-order valence-electron chi connectivity index (χ1n) is 5.85. The van der Waals surface area contributed by atoms with E-state index in [1.807, 2.05) is 0 Å². The van der Waals surface area contributed by atoms with Crippen molar-refractivity contribution in [3.05, 3.63) is 16.1 Å². The van der Waals surface area contributed by atoms with Gasteiger partial charge in [0, 0.05) is 18.3 Å². The van der Waals surface area contributed by atoms with Crippen LogP contribution in [0.3, 0.4) is 0 Å². The van der Waals surface area contributed by atoms with Crippen LogP contribution < -0.4 is 10.6 Å². The Balaban J connectivity index is 1.74. The molecule has 2 rings (SSSR count). The molecule has 1 atom stereocenters. The van der Waals surface area contributed by atoms with Crippen LogP contribution in [-0.4, -0.2) is 41.1 Å². The summed E-state index contributed by atoms with van der Waals surface area (Å²) in [5.74, 6) is -1.00. The summed E-state index contributed by atoms with van der Waals surface area (Å²) in [6.07, 6.45) is 2.48. The molecule has 1 amide bonds.